The summed E-state index contributed by atoms with van der Waals surface area (Å²) in [5, 5.41) is 11.6. The zero-order valence-electron chi connectivity index (χ0n) is 10.5. The van der Waals surface area contributed by atoms with E-state index in [0.29, 0.717) is 11.9 Å². The summed E-state index contributed by atoms with van der Waals surface area (Å²) in [5.74, 6) is 0.219. The molecule has 1 atom stereocenters. The predicted octanol–water partition coefficient (Wildman–Crippen LogP) is 1.95. The van der Waals surface area contributed by atoms with Gasteiger partial charge in [-0.25, -0.2) is 9.97 Å². The third-order valence-corrected chi connectivity index (χ3v) is 2.21. The number of hydrogen-bond donors (Lipinski definition) is 2. The highest BCUT2D eigenvalue weighted by atomic mass is 16.4. The van der Waals surface area contributed by atoms with Crippen LogP contribution in [0.2, 0.25) is 0 Å². The predicted molar refractivity (Wildman–Crippen MR) is 65.9 cm³/mol. The van der Waals surface area contributed by atoms with Gasteiger partial charge in [-0.05, 0) is 24.8 Å². The van der Waals surface area contributed by atoms with E-state index in [-0.39, 0.29) is 12.5 Å². The summed E-state index contributed by atoms with van der Waals surface area (Å²) < 4.78 is 0. The maximum atomic E-state index is 10.5. The van der Waals surface area contributed by atoms with Gasteiger partial charge in [-0.15, -0.1) is 0 Å². The molecule has 0 aromatic carbocycles. The molecule has 0 aliphatic rings. The number of nitrogens with zero attached hydrogens (tertiary/aromatic N) is 2. The summed E-state index contributed by atoms with van der Waals surface area (Å²) in [4.78, 5) is 18.8. The summed E-state index contributed by atoms with van der Waals surface area (Å²) in [6.07, 6.45) is 4.56. The van der Waals surface area contributed by atoms with Gasteiger partial charge in [0.2, 0.25) is 5.95 Å². The number of rotatable bonds is 6. The first kappa shape index (κ1) is 13.4. The minimum atomic E-state index is -0.832. The Bertz CT molecular complexity index is 363. The van der Waals surface area contributed by atoms with E-state index in [1.807, 2.05) is 0 Å². The molecule has 0 fully saturated rings. The maximum absolute atomic E-state index is 10.5. The van der Waals surface area contributed by atoms with Crippen molar-refractivity contribution in [2.75, 3.05) is 5.32 Å². The number of nitrogens with one attached hydrogen (secondary N) is 1. The highest BCUT2D eigenvalue weighted by Crippen LogP contribution is 2.08. The molecule has 0 aliphatic carbocycles. The Balaban J connectivity index is 2.53. The lowest BCUT2D eigenvalue weighted by atomic mass is 10.1. The van der Waals surface area contributed by atoms with Gasteiger partial charge < -0.3 is 10.4 Å². The van der Waals surface area contributed by atoms with Crippen molar-refractivity contribution in [3.63, 3.8) is 0 Å². The van der Waals surface area contributed by atoms with Gasteiger partial charge in [0, 0.05) is 18.4 Å². The van der Waals surface area contributed by atoms with E-state index in [0.717, 1.165) is 12.0 Å². The second-order valence-corrected chi connectivity index (χ2v) is 4.66. The molecule has 0 amide bonds. The van der Waals surface area contributed by atoms with Gasteiger partial charge in [-0.2, -0.15) is 0 Å². The van der Waals surface area contributed by atoms with Crippen LogP contribution in [0.3, 0.4) is 0 Å². The van der Waals surface area contributed by atoms with Crippen molar-refractivity contribution in [2.45, 2.75) is 39.7 Å². The first-order chi connectivity index (χ1) is 7.97. The molecule has 1 unspecified atom stereocenters. The molecular formula is C12H19N3O2. The highest BCUT2D eigenvalue weighted by Gasteiger charge is 2.08. The van der Waals surface area contributed by atoms with Crippen LogP contribution in [0.15, 0.2) is 12.4 Å². The number of carboxylic acids is 1. The molecule has 1 aromatic rings. The Morgan fingerprint density at radius 1 is 1.35 bits per heavy atom. The topological polar surface area (TPSA) is 75.1 Å². The number of carbonyl (C=O) groups is 1. The van der Waals surface area contributed by atoms with E-state index < -0.39 is 5.97 Å². The fraction of sp³-hybridized carbons (Fsp3) is 0.583. The Kier molecular flexibility index (Phi) is 4.87. The summed E-state index contributed by atoms with van der Waals surface area (Å²) >= 11 is 0. The number of hydrogen-bond acceptors (Lipinski definition) is 4. The van der Waals surface area contributed by atoms with Crippen molar-refractivity contribution in [2.24, 2.45) is 5.92 Å². The number of aromatic nitrogens is 2. The lowest BCUT2D eigenvalue weighted by Gasteiger charge is -2.11. The quantitative estimate of drug-likeness (QED) is 0.791. The van der Waals surface area contributed by atoms with Crippen LogP contribution in [0.4, 0.5) is 5.95 Å². The normalized spacial score (nSPS) is 12.5. The van der Waals surface area contributed by atoms with Gasteiger partial charge in [0.05, 0.1) is 6.42 Å². The molecule has 0 aliphatic heterocycles. The molecule has 17 heavy (non-hydrogen) atoms. The average Bonchev–Trinajstić information content (AvgIpc) is 2.18. The molecule has 94 valence electrons. The number of aliphatic carboxylic acids is 1. The molecule has 5 nitrogen and oxygen atoms in total. The Morgan fingerprint density at radius 2 is 1.94 bits per heavy atom. The molecule has 0 saturated carbocycles. The fourth-order valence-electron chi connectivity index (χ4n) is 1.54. The van der Waals surface area contributed by atoms with Crippen LogP contribution in [-0.2, 0) is 11.2 Å². The largest absolute Gasteiger partial charge is 0.481 e. The second kappa shape index (κ2) is 6.18. The van der Waals surface area contributed by atoms with Crippen LogP contribution < -0.4 is 5.32 Å². The van der Waals surface area contributed by atoms with E-state index in [9.17, 15) is 4.79 Å². The molecule has 1 rings (SSSR count). The molecule has 0 bridgehead atoms. The molecule has 1 heterocycles. The van der Waals surface area contributed by atoms with Crippen LogP contribution in [0.5, 0.6) is 0 Å². The van der Waals surface area contributed by atoms with Crippen molar-refractivity contribution in [3.8, 4) is 0 Å². The van der Waals surface area contributed by atoms with Crippen molar-refractivity contribution in [1.29, 1.82) is 0 Å². The van der Waals surface area contributed by atoms with Gasteiger partial charge in [-0.1, -0.05) is 13.8 Å². The smallest absolute Gasteiger partial charge is 0.305 e. The molecule has 1 aromatic heterocycles. The summed E-state index contributed by atoms with van der Waals surface area (Å²) in [6, 6.07) is -0.177. The van der Waals surface area contributed by atoms with E-state index >= 15 is 0 Å². The van der Waals surface area contributed by atoms with Gasteiger partial charge in [0.1, 0.15) is 0 Å². The standard InChI is InChI=1S/C12H19N3O2/c1-8(2)4-10-6-13-12(14-7-10)15-9(3)5-11(16)17/h6-9H,4-5H2,1-3H3,(H,16,17)(H,13,14,15). The van der Waals surface area contributed by atoms with Gasteiger partial charge in [-0.3, -0.25) is 4.79 Å². The van der Waals surface area contributed by atoms with Crippen LogP contribution >= 0.6 is 0 Å². The zero-order chi connectivity index (χ0) is 12.8. The van der Waals surface area contributed by atoms with E-state index in [1.54, 1.807) is 19.3 Å². The van der Waals surface area contributed by atoms with E-state index in [4.69, 9.17) is 5.11 Å². The maximum Gasteiger partial charge on any atom is 0.305 e. The lowest BCUT2D eigenvalue weighted by molar-refractivity contribution is -0.137. The summed E-state index contributed by atoms with van der Waals surface area (Å²) in [5.41, 5.74) is 1.09. The molecule has 5 heteroatoms. The Hall–Kier alpha value is -1.65. The van der Waals surface area contributed by atoms with Gasteiger partial charge in [0.25, 0.3) is 0 Å². The third kappa shape index (κ3) is 5.29. The van der Waals surface area contributed by atoms with Crippen molar-refractivity contribution in [3.05, 3.63) is 18.0 Å². The SMILES string of the molecule is CC(C)Cc1cnc(NC(C)CC(=O)O)nc1. The fourth-order valence-corrected chi connectivity index (χ4v) is 1.54. The minimum absolute atomic E-state index is 0.0527. The van der Waals surface area contributed by atoms with Crippen molar-refractivity contribution >= 4 is 11.9 Å². The minimum Gasteiger partial charge on any atom is -0.481 e. The first-order valence-electron chi connectivity index (χ1n) is 5.76. The number of anilines is 1. The second-order valence-electron chi connectivity index (χ2n) is 4.66. The van der Waals surface area contributed by atoms with Crippen molar-refractivity contribution in [1.82, 2.24) is 9.97 Å². The average molecular weight is 237 g/mol. The van der Waals surface area contributed by atoms with Gasteiger partial charge >= 0.3 is 5.97 Å². The van der Waals surface area contributed by atoms with E-state index in [2.05, 4.69) is 29.1 Å². The molecular weight excluding hydrogens is 218 g/mol. The molecule has 0 spiro atoms. The van der Waals surface area contributed by atoms with Gasteiger partial charge in [0.15, 0.2) is 0 Å². The van der Waals surface area contributed by atoms with Crippen molar-refractivity contribution < 1.29 is 9.90 Å². The van der Waals surface area contributed by atoms with Crippen LogP contribution in [-0.4, -0.2) is 27.1 Å². The monoisotopic (exact) mass is 237 g/mol. The number of carboxylic acid groups (broad SMARTS) is 1. The van der Waals surface area contributed by atoms with Crippen LogP contribution in [0, 0.1) is 5.92 Å². The summed E-state index contributed by atoms with van der Waals surface area (Å²) in [6.45, 7) is 6.07. The molecule has 2 N–H and O–H groups in total. The Labute approximate surface area is 101 Å². The highest BCUT2D eigenvalue weighted by molar-refractivity contribution is 5.67. The summed E-state index contributed by atoms with van der Waals surface area (Å²) in [7, 11) is 0. The third-order valence-electron chi connectivity index (χ3n) is 2.21. The van der Waals surface area contributed by atoms with Crippen LogP contribution in [0.25, 0.3) is 0 Å². The molecule has 0 radical (unpaired) electrons. The lowest BCUT2D eigenvalue weighted by Crippen LogP contribution is -2.20. The Morgan fingerprint density at radius 3 is 2.41 bits per heavy atom. The van der Waals surface area contributed by atoms with Crippen LogP contribution in [0.1, 0.15) is 32.8 Å². The molecule has 0 saturated heterocycles. The van der Waals surface area contributed by atoms with E-state index in [1.165, 1.54) is 0 Å². The zero-order valence-corrected chi connectivity index (χ0v) is 10.5. The first-order valence-corrected chi connectivity index (χ1v) is 5.76.